The second kappa shape index (κ2) is 4.91. The van der Waals surface area contributed by atoms with Crippen molar-refractivity contribution in [3.63, 3.8) is 0 Å². The van der Waals surface area contributed by atoms with Gasteiger partial charge in [0.05, 0.1) is 0 Å². The number of hydrogen-bond acceptors (Lipinski definition) is 2. The fraction of sp³-hybridized carbons (Fsp3) is 0.867. The van der Waals surface area contributed by atoms with Gasteiger partial charge in [0.25, 0.3) is 14.3 Å². The van der Waals surface area contributed by atoms with Gasteiger partial charge in [-0.25, -0.2) is 0 Å². The summed E-state index contributed by atoms with van der Waals surface area (Å²) < 4.78 is 12.5. The number of hydrogen-bond donors (Lipinski definition) is 0. The van der Waals surface area contributed by atoms with Gasteiger partial charge < -0.3 is 9.16 Å². The molecule has 0 atom stereocenters. The van der Waals surface area contributed by atoms with Crippen molar-refractivity contribution in [2.24, 2.45) is 0 Å². The number of rotatable bonds is 3. The molecule has 0 radical (unpaired) electrons. The van der Waals surface area contributed by atoms with Gasteiger partial charge in [-0.2, -0.15) is 0 Å². The first-order valence-electron chi connectivity index (χ1n) is 7.02. The molecule has 0 amide bonds. The summed E-state index contributed by atoms with van der Waals surface area (Å²) in [7, 11) is -1.65. The molecule has 0 aliphatic carbocycles. The Bertz CT molecular complexity index is 323. The molecule has 1 rings (SSSR count). The Labute approximate surface area is 114 Å². The molecule has 1 saturated heterocycles. The maximum Gasteiger partial charge on any atom is 0.264 e. The third-order valence-corrected chi connectivity index (χ3v) is 9.26. The Kier molecular flexibility index (Phi) is 4.26. The van der Waals surface area contributed by atoms with Gasteiger partial charge >= 0.3 is 0 Å². The van der Waals surface area contributed by atoms with Crippen LogP contribution in [0.15, 0.2) is 11.5 Å². The highest BCUT2D eigenvalue weighted by atomic mass is 28.4. The van der Waals surface area contributed by atoms with Crippen LogP contribution in [0.3, 0.4) is 0 Å². The summed E-state index contributed by atoms with van der Waals surface area (Å²) in [5, 5.41) is 0.285. The van der Waals surface area contributed by atoms with Crippen LogP contribution in [0.1, 0.15) is 61.8 Å². The normalized spacial score (nSPS) is 18.9. The minimum Gasteiger partial charge on any atom is -0.518 e. The molecule has 1 aliphatic rings. The molecule has 0 aromatic carbocycles. The molecular weight excluding hydrogens is 240 g/mol. The summed E-state index contributed by atoms with van der Waals surface area (Å²) in [5.41, 5.74) is 0.956. The van der Waals surface area contributed by atoms with Gasteiger partial charge in [-0.3, -0.25) is 0 Å². The summed E-state index contributed by atoms with van der Waals surface area (Å²) in [5.74, 6) is 0.781. The van der Waals surface area contributed by atoms with Gasteiger partial charge in [-0.05, 0) is 51.7 Å². The Morgan fingerprint density at radius 1 is 0.944 bits per heavy atom. The van der Waals surface area contributed by atoms with E-state index in [1.807, 2.05) is 0 Å². The van der Waals surface area contributed by atoms with Crippen molar-refractivity contribution < 1.29 is 9.16 Å². The SMILES string of the molecule is CC(C)=C(OC(C)(C)C)O[Si]1(C(C)(C)C)CCC1. The highest BCUT2D eigenvalue weighted by Crippen LogP contribution is 2.51. The van der Waals surface area contributed by atoms with Crippen LogP contribution < -0.4 is 0 Å². The smallest absolute Gasteiger partial charge is 0.264 e. The zero-order chi connectivity index (χ0) is 14.2. The predicted molar refractivity (Wildman–Crippen MR) is 80.0 cm³/mol. The van der Waals surface area contributed by atoms with Gasteiger partial charge in [-0.1, -0.05) is 27.2 Å². The molecule has 3 heteroatoms. The Hall–Kier alpha value is -0.443. The topological polar surface area (TPSA) is 18.5 Å². The Morgan fingerprint density at radius 2 is 1.44 bits per heavy atom. The minimum atomic E-state index is -1.65. The van der Waals surface area contributed by atoms with Gasteiger partial charge in [-0.15, -0.1) is 0 Å². The van der Waals surface area contributed by atoms with Crippen molar-refractivity contribution in [3.8, 4) is 0 Å². The second-order valence-corrected chi connectivity index (χ2v) is 12.4. The maximum atomic E-state index is 6.47. The first-order valence-corrected chi connectivity index (χ1v) is 9.35. The van der Waals surface area contributed by atoms with E-state index >= 15 is 0 Å². The van der Waals surface area contributed by atoms with Crippen LogP contribution in [0.2, 0.25) is 17.1 Å². The van der Waals surface area contributed by atoms with Crippen molar-refractivity contribution in [2.75, 3.05) is 0 Å². The van der Waals surface area contributed by atoms with Crippen LogP contribution in [0.25, 0.3) is 0 Å². The quantitative estimate of drug-likeness (QED) is 0.517. The van der Waals surface area contributed by atoms with E-state index < -0.39 is 8.32 Å². The van der Waals surface area contributed by atoms with Crippen LogP contribution in [0.5, 0.6) is 0 Å². The third kappa shape index (κ3) is 3.53. The van der Waals surface area contributed by atoms with E-state index in [0.717, 1.165) is 11.5 Å². The second-order valence-electron chi connectivity index (χ2n) is 7.70. The van der Waals surface area contributed by atoms with E-state index in [2.05, 4.69) is 55.4 Å². The summed E-state index contributed by atoms with van der Waals surface area (Å²) in [6.07, 6.45) is 1.31. The monoisotopic (exact) mass is 270 g/mol. The van der Waals surface area contributed by atoms with E-state index in [9.17, 15) is 0 Å². The molecule has 1 fully saturated rings. The van der Waals surface area contributed by atoms with E-state index in [0.29, 0.717) is 0 Å². The standard InChI is InChI=1S/C15H30O2Si/c1-12(2)13(16-14(3,4)5)17-18(10-9-11-18)15(6,7)8/h9-11H2,1-8H3. The molecule has 0 aromatic rings. The molecule has 0 spiro atoms. The zero-order valence-electron chi connectivity index (χ0n) is 13.4. The first kappa shape index (κ1) is 15.6. The van der Waals surface area contributed by atoms with E-state index in [-0.39, 0.29) is 10.6 Å². The lowest BCUT2D eigenvalue weighted by Crippen LogP contribution is -2.53. The molecule has 2 nitrogen and oxygen atoms in total. The fourth-order valence-corrected chi connectivity index (χ4v) is 5.79. The third-order valence-electron chi connectivity index (χ3n) is 3.62. The van der Waals surface area contributed by atoms with Crippen molar-refractivity contribution in [1.82, 2.24) is 0 Å². The largest absolute Gasteiger partial charge is 0.518 e. The van der Waals surface area contributed by atoms with Crippen LogP contribution in [0.4, 0.5) is 0 Å². The van der Waals surface area contributed by atoms with Gasteiger partial charge in [0.15, 0.2) is 0 Å². The summed E-state index contributed by atoms with van der Waals surface area (Å²) in [6.45, 7) is 17.3. The predicted octanol–water partition coefficient (Wildman–Crippen LogP) is 5.22. The van der Waals surface area contributed by atoms with Crippen molar-refractivity contribution in [3.05, 3.63) is 11.5 Å². The average molecular weight is 270 g/mol. The first-order chi connectivity index (χ1) is 7.97. The highest BCUT2D eigenvalue weighted by molar-refractivity contribution is 6.79. The van der Waals surface area contributed by atoms with Gasteiger partial charge in [0.2, 0.25) is 0 Å². The molecule has 1 heterocycles. The van der Waals surface area contributed by atoms with Crippen LogP contribution in [0, 0.1) is 0 Å². The zero-order valence-corrected chi connectivity index (χ0v) is 14.4. The summed E-state index contributed by atoms with van der Waals surface area (Å²) in [4.78, 5) is 0. The maximum absolute atomic E-state index is 6.47. The van der Waals surface area contributed by atoms with Crippen LogP contribution in [-0.4, -0.2) is 13.9 Å². The average Bonchev–Trinajstić information content (AvgIpc) is 2.04. The highest BCUT2D eigenvalue weighted by Gasteiger charge is 2.54. The fourth-order valence-electron chi connectivity index (χ4n) is 2.18. The molecule has 1 aliphatic heterocycles. The van der Waals surface area contributed by atoms with Crippen molar-refractivity contribution in [2.45, 2.75) is 84.5 Å². The Balaban J connectivity index is 2.89. The molecule has 106 valence electrons. The van der Waals surface area contributed by atoms with E-state index in [4.69, 9.17) is 9.16 Å². The van der Waals surface area contributed by atoms with Crippen LogP contribution >= 0.6 is 0 Å². The summed E-state index contributed by atoms with van der Waals surface area (Å²) in [6, 6.07) is 2.53. The number of ether oxygens (including phenoxy) is 1. The van der Waals surface area contributed by atoms with Crippen molar-refractivity contribution in [1.29, 1.82) is 0 Å². The molecule has 0 N–H and O–H groups in total. The lowest BCUT2D eigenvalue weighted by atomic mass is 10.2. The summed E-state index contributed by atoms with van der Waals surface area (Å²) >= 11 is 0. The number of allylic oxidation sites excluding steroid dienone is 1. The molecule has 0 unspecified atom stereocenters. The molecule has 0 aromatic heterocycles. The van der Waals surface area contributed by atoms with Gasteiger partial charge in [0, 0.05) is 5.57 Å². The van der Waals surface area contributed by atoms with Gasteiger partial charge in [0.1, 0.15) is 5.60 Å². The van der Waals surface area contributed by atoms with E-state index in [1.165, 1.54) is 18.5 Å². The molecular formula is C15H30O2Si. The van der Waals surface area contributed by atoms with E-state index in [1.54, 1.807) is 0 Å². The minimum absolute atomic E-state index is 0.191. The lowest BCUT2D eigenvalue weighted by Gasteiger charge is -2.49. The molecule has 0 saturated carbocycles. The van der Waals surface area contributed by atoms with Crippen molar-refractivity contribution >= 4 is 8.32 Å². The Morgan fingerprint density at radius 3 is 1.67 bits per heavy atom. The lowest BCUT2D eigenvalue weighted by molar-refractivity contribution is -0.0150. The van der Waals surface area contributed by atoms with Crippen LogP contribution in [-0.2, 0) is 9.16 Å². The molecule has 0 bridgehead atoms. The molecule has 18 heavy (non-hydrogen) atoms.